The molecule has 3 aliphatic heterocycles. The molecule has 2 atom stereocenters. The van der Waals surface area contributed by atoms with Gasteiger partial charge < -0.3 is 24.1 Å². The molecule has 210 valence electrons. The fourth-order valence-electron chi connectivity index (χ4n) is 5.51. The lowest BCUT2D eigenvalue weighted by molar-refractivity contribution is -0.130. The van der Waals surface area contributed by atoms with Gasteiger partial charge in [0.05, 0.1) is 5.56 Å². The summed E-state index contributed by atoms with van der Waals surface area (Å²) in [7, 11) is 0. The van der Waals surface area contributed by atoms with Gasteiger partial charge in [-0.05, 0) is 51.8 Å². The number of likely N-dealkylation sites (tertiary alicyclic amines) is 1. The molecule has 2 unspecified atom stereocenters. The zero-order valence-electron chi connectivity index (χ0n) is 23.1. The van der Waals surface area contributed by atoms with Crippen molar-refractivity contribution in [1.29, 1.82) is 0 Å². The molecule has 10 heteroatoms. The lowest BCUT2D eigenvalue weighted by Crippen LogP contribution is -2.56. The van der Waals surface area contributed by atoms with Gasteiger partial charge in [0.2, 0.25) is 5.88 Å². The number of rotatable bonds is 7. The highest BCUT2D eigenvalue weighted by Crippen LogP contribution is 2.36. The Bertz CT molecular complexity index is 1120. The van der Waals surface area contributed by atoms with E-state index < -0.39 is 5.60 Å². The van der Waals surface area contributed by atoms with Gasteiger partial charge in [0, 0.05) is 75.8 Å². The van der Waals surface area contributed by atoms with Crippen LogP contribution in [0.25, 0.3) is 0 Å². The van der Waals surface area contributed by atoms with Crippen LogP contribution in [0, 0.1) is 0 Å². The van der Waals surface area contributed by atoms with Crippen LogP contribution in [0.4, 0.5) is 10.5 Å². The zero-order valence-corrected chi connectivity index (χ0v) is 23.1. The topological polar surface area (TPSA) is 87.7 Å². The minimum absolute atomic E-state index is 0.229. The normalized spacial score (nSPS) is 22.0. The summed E-state index contributed by atoms with van der Waals surface area (Å²) in [5, 5.41) is 1.73. The third kappa shape index (κ3) is 6.99. The van der Waals surface area contributed by atoms with Gasteiger partial charge in [0.15, 0.2) is 0 Å². The third-order valence-corrected chi connectivity index (χ3v) is 7.36. The quantitative estimate of drug-likeness (QED) is 0.527. The average Bonchev–Trinajstić information content (AvgIpc) is 3.18. The van der Waals surface area contributed by atoms with E-state index in [-0.39, 0.29) is 24.1 Å². The molecule has 0 aliphatic carbocycles. The second-order valence-electron chi connectivity index (χ2n) is 11.4. The maximum Gasteiger partial charge on any atom is 0.410 e. The van der Waals surface area contributed by atoms with Crippen LogP contribution in [0.5, 0.6) is 5.88 Å². The first-order valence-electron chi connectivity index (χ1n) is 13.8. The van der Waals surface area contributed by atoms with Crippen LogP contribution in [0.3, 0.4) is 0 Å². The number of carbonyl (C=O) groups excluding carboxylic acids is 2. The van der Waals surface area contributed by atoms with Gasteiger partial charge in [-0.15, -0.1) is 5.06 Å². The summed E-state index contributed by atoms with van der Waals surface area (Å²) >= 11 is 0. The number of anilines is 1. The molecule has 1 amide bonds. The number of aromatic nitrogens is 1. The van der Waals surface area contributed by atoms with E-state index in [4.69, 9.17) is 14.3 Å². The fraction of sp³-hybridized carbons (Fsp3) is 0.552. The van der Waals surface area contributed by atoms with Crippen molar-refractivity contribution in [2.45, 2.75) is 51.3 Å². The number of fused-ring (bicyclic) bond motifs is 2. The predicted molar refractivity (Wildman–Crippen MR) is 147 cm³/mol. The van der Waals surface area contributed by atoms with Gasteiger partial charge in [-0.25, -0.2) is 14.6 Å². The van der Waals surface area contributed by atoms with Crippen molar-refractivity contribution in [2.75, 3.05) is 57.3 Å². The summed E-state index contributed by atoms with van der Waals surface area (Å²) in [6.07, 6.45) is 3.67. The smallest absolute Gasteiger partial charge is 0.410 e. The maximum atomic E-state index is 12.6. The molecule has 2 bridgehead atoms. The molecule has 39 heavy (non-hydrogen) atoms. The Morgan fingerprint density at radius 3 is 2.33 bits per heavy atom. The van der Waals surface area contributed by atoms with E-state index >= 15 is 0 Å². The Kier molecular flexibility index (Phi) is 8.23. The third-order valence-electron chi connectivity index (χ3n) is 7.36. The van der Waals surface area contributed by atoms with Crippen LogP contribution in [0.15, 0.2) is 48.7 Å². The highest BCUT2D eigenvalue weighted by molar-refractivity contribution is 5.89. The van der Waals surface area contributed by atoms with Crippen molar-refractivity contribution in [3.05, 3.63) is 54.2 Å². The number of carbonyl (C=O) groups is 2. The monoisotopic (exact) mass is 537 g/mol. The Hall–Kier alpha value is -3.37. The highest BCUT2D eigenvalue weighted by Gasteiger charge is 2.42. The molecule has 0 radical (unpaired) electrons. The lowest BCUT2D eigenvalue weighted by atomic mass is 10.1. The van der Waals surface area contributed by atoms with Crippen LogP contribution in [0.1, 0.15) is 44.0 Å². The minimum Gasteiger partial charge on any atom is -0.476 e. The highest BCUT2D eigenvalue weighted by atomic mass is 16.7. The summed E-state index contributed by atoms with van der Waals surface area (Å²) in [6, 6.07) is 13.6. The van der Waals surface area contributed by atoms with Gasteiger partial charge in [-0.1, -0.05) is 18.2 Å². The molecule has 2 aromatic rings. The Balaban J connectivity index is 1.07. The number of hydroxylamine groups is 2. The van der Waals surface area contributed by atoms with Crippen LogP contribution >= 0.6 is 0 Å². The van der Waals surface area contributed by atoms with E-state index in [2.05, 4.69) is 14.8 Å². The summed E-state index contributed by atoms with van der Waals surface area (Å²) < 4.78 is 11.6. The first-order chi connectivity index (χ1) is 18.7. The van der Waals surface area contributed by atoms with Crippen LogP contribution in [-0.4, -0.2) is 102 Å². The molecule has 0 N–H and O–H groups in total. The Morgan fingerprint density at radius 2 is 1.67 bits per heavy atom. The van der Waals surface area contributed by atoms with Gasteiger partial charge in [-0.2, -0.15) is 0 Å². The predicted octanol–water partition coefficient (Wildman–Crippen LogP) is 3.44. The number of nitrogens with zero attached hydrogens (tertiary/aromatic N) is 5. The van der Waals surface area contributed by atoms with Gasteiger partial charge in [0.1, 0.15) is 12.2 Å². The molecule has 0 saturated carbocycles. The van der Waals surface area contributed by atoms with Crippen LogP contribution < -0.4 is 9.64 Å². The fourth-order valence-corrected chi connectivity index (χ4v) is 5.51. The molecule has 3 saturated heterocycles. The van der Waals surface area contributed by atoms with E-state index in [9.17, 15) is 9.59 Å². The summed E-state index contributed by atoms with van der Waals surface area (Å²) in [6.45, 7) is 11.2. The number of hydrogen-bond acceptors (Lipinski definition) is 9. The van der Waals surface area contributed by atoms with Gasteiger partial charge >= 0.3 is 12.1 Å². The number of ether oxygens (including phenoxy) is 2. The summed E-state index contributed by atoms with van der Waals surface area (Å²) in [5.74, 6) is 0.287. The van der Waals surface area contributed by atoms with Crippen molar-refractivity contribution >= 4 is 17.7 Å². The molecule has 5 rings (SSSR count). The molecule has 4 heterocycles. The Labute approximate surface area is 230 Å². The number of piperazine rings is 2. The van der Waals surface area contributed by atoms with Crippen molar-refractivity contribution in [1.82, 2.24) is 19.8 Å². The van der Waals surface area contributed by atoms with Gasteiger partial charge in [-0.3, -0.25) is 4.90 Å². The SMILES string of the molecule is CC(C)(C)OC(=O)N1CC2CCC(C1)N2c1ccnc(OCCN2CCN(OC(=O)c3ccccc3)CC2)c1. The van der Waals surface area contributed by atoms with Gasteiger partial charge in [0.25, 0.3) is 0 Å². The molecular formula is C29H39N5O5. The number of amides is 1. The van der Waals surface area contributed by atoms with Crippen LogP contribution in [-0.2, 0) is 9.57 Å². The van der Waals surface area contributed by atoms with E-state index in [1.165, 1.54) is 0 Å². The second kappa shape index (κ2) is 11.8. The minimum atomic E-state index is -0.493. The largest absolute Gasteiger partial charge is 0.476 e. The van der Waals surface area contributed by atoms with E-state index in [1.807, 2.05) is 56.0 Å². The van der Waals surface area contributed by atoms with E-state index in [0.717, 1.165) is 38.2 Å². The Morgan fingerprint density at radius 1 is 0.974 bits per heavy atom. The van der Waals surface area contributed by atoms with Crippen molar-refractivity contribution in [3.8, 4) is 5.88 Å². The molecule has 10 nitrogen and oxygen atoms in total. The van der Waals surface area contributed by atoms with E-state index in [1.54, 1.807) is 23.4 Å². The lowest BCUT2D eigenvalue weighted by Gasteiger charge is -2.42. The molecule has 1 aromatic carbocycles. The van der Waals surface area contributed by atoms with Crippen molar-refractivity contribution in [2.24, 2.45) is 0 Å². The zero-order chi connectivity index (χ0) is 27.4. The van der Waals surface area contributed by atoms with Crippen molar-refractivity contribution in [3.63, 3.8) is 0 Å². The standard InChI is InChI=1S/C29H39N5O5/c1-29(2,3)38-28(36)32-20-24-9-10-25(21-32)34(24)23-11-12-30-26(19-23)37-18-17-31-13-15-33(16-14-31)39-27(35)22-7-5-4-6-8-22/h4-8,11-12,19,24-25H,9-10,13-18,20-21H2,1-3H3. The summed E-state index contributed by atoms with van der Waals surface area (Å²) in [4.78, 5) is 41.4. The van der Waals surface area contributed by atoms with E-state index in [0.29, 0.717) is 44.2 Å². The molecule has 1 aromatic heterocycles. The molecule has 3 fully saturated rings. The first-order valence-corrected chi connectivity index (χ1v) is 13.8. The maximum absolute atomic E-state index is 12.6. The summed E-state index contributed by atoms with van der Waals surface area (Å²) in [5.41, 5.74) is 1.15. The van der Waals surface area contributed by atoms with Crippen molar-refractivity contribution < 1.29 is 23.9 Å². The molecular weight excluding hydrogens is 498 g/mol. The second-order valence-corrected chi connectivity index (χ2v) is 11.4. The molecule has 0 spiro atoms. The average molecular weight is 538 g/mol. The first kappa shape index (κ1) is 27.2. The number of benzene rings is 1. The number of hydrogen-bond donors (Lipinski definition) is 0. The molecule has 3 aliphatic rings. The number of pyridine rings is 1. The van der Waals surface area contributed by atoms with Crippen LogP contribution in [0.2, 0.25) is 0 Å².